The third-order valence-corrected chi connectivity index (χ3v) is 19.4. The van der Waals surface area contributed by atoms with E-state index in [2.05, 4.69) is 56.2 Å². The fraction of sp³-hybridized carbons (Fsp3) is 0.247. The number of ether oxygens (including phenoxy) is 1. The number of carboxylic acids is 1. The van der Waals surface area contributed by atoms with Crippen molar-refractivity contribution < 1.29 is 44.3 Å². The number of nitrogens with two attached hydrogens (primary N) is 1. The summed E-state index contributed by atoms with van der Waals surface area (Å²) in [4.78, 5) is 86.6. The van der Waals surface area contributed by atoms with Crippen molar-refractivity contribution in [3.8, 4) is 0 Å². The van der Waals surface area contributed by atoms with Gasteiger partial charge in [0.2, 0.25) is 0 Å². The van der Waals surface area contributed by atoms with Crippen LogP contribution in [0.4, 0.5) is 14.4 Å². The molecule has 13 rings (SSSR count). The summed E-state index contributed by atoms with van der Waals surface area (Å²) in [5, 5.41) is 53.9. The second kappa shape index (κ2) is 40.6. The number of amides is 5. The van der Waals surface area contributed by atoms with E-state index in [0.29, 0.717) is 99.7 Å². The molecule has 24 nitrogen and oxygen atoms in total. The number of carbonyl (C=O) groups excluding carboxylic acids is 3. The van der Waals surface area contributed by atoms with Gasteiger partial charge in [0.25, 0.3) is 0 Å². The summed E-state index contributed by atoms with van der Waals surface area (Å²) in [5.74, 6) is 0.832. The first kappa shape index (κ1) is 86.2. The molecule has 34 heteroatoms. The van der Waals surface area contributed by atoms with Gasteiger partial charge in [0.05, 0.1) is 78.0 Å². The number of para-hydroxylation sites is 6. The van der Waals surface area contributed by atoms with Crippen molar-refractivity contribution in [2.45, 2.75) is 109 Å². The summed E-state index contributed by atoms with van der Waals surface area (Å²) in [6.45, 7) is 5.64. The summed E-state index contributed by atoms with van der Waals surface area (Å²) in [7, 11) is 0. The van der Waals surface area contributed by atoms with Gasteiger partial charge in [-0.1, -0.05) is 183 Å². The summed E-state index contributed by atoms with van der Waals surface area (Å²) < 4.78 is 6.63. The van der Waals surface area contributed by atoms with Crippen molar-refractivity contribution in [1.29, 1.82) is 0 Å². The molecular formula is C77H76Cl10N14O10. The summed E-state index contributed by atoms with van der Waals surface area (Å²) >= 11 is 59.7. The highest BCUT2D eigenvalue weighted by Gasteiger charge is 2.39. The maximum Gasteiger partial charge on any atom is 0.408 e. The number of nitrogens with one attached hydrogen (secondary N) is 8. The molecule has 0 aliphatic carbocycles. The number of fused-ring (bicyclic) bond motifs is 3. The van der Waals surface area contributed by atoms with E-state index in [-0.39, 0.29) is 50.5 Å². The maximum atomic E-state index is 12.3. The van der Waals surface area contributed by atoms with Crippen molar-refractivity contribution in [2.75, 3.05) is 13.2 Å². The van der Waals surface area contributed by atoms with Crippen LogP contribution in [-0.2, 0) is 61.3 Å². The Morgan fingerprint density at radius 3 is 1.43 bits per heavy atom. The Morgan fingerprint density at radius 1 is 0.550 bits per heavy atom. The minimum atomic E-state index is -1.17. The first-order valence-electron chi connectivity index (χ1n) is 34.1. The van der Waals surface area contributed by atoms with Crippen LogP contribution in [0.1, 0.15) is 71.8 Å². The highest BCUT2D eigenvalue weighted by Crippen LogP contribution is 2.29. The predicted molar refractivity (Wildman–Crippen MR) is 438 cm³/mol. The van der Waals surface area contributed by atoms with Gasteiger partial charge in [-0.25, -0.2) is 38.9 Å². The molecule has 12 aromatic rings. The van der Waals surface area contributed by atoms with Gasteiger partial charge in [0, 0.05) is 81.0 Å². The molecule has 5 atom stereocenters. The van der Waals surface area contributed by atoms with Crippen LogP contribution in [-0.4, -0.2) is 138 Å². The number of aliphatic carboxylic acids is 1. The van der Waals surface area contributed by atoms with Crippen LogP contribution in [0.5, 0.6) is 0 Å². The molecule has 0 bridgehead atoms. The predicted octanol–water partition coefficient (Wildman–Crippen LogP) is 16.0. The summed E-state index contributed by atoms with van der Waals surface area (Å²) in [5.41, 5.74) is 14.8. The van der Waals surface area contributed by atoms with Crippen molar-refractivity contribution in [2.24, 2.45) is 5.73 Å². The molecule has 14 N–H and O–H groups in total. The topological polar surface area (TPSA) is 360 Å². The molecule has 0 saturated carbocycles. The lowest BCUT2D eigenvalue weighted by atomic mass is 10.1. The van der Waals surface area contributed by atoms with Gasteiger partial charge in [-0.15, -0.1) is 0 Å². The number of rotatable bonds is 21. The zero-order valence-electron chi connectivity index (χ0n) is 59.5. The monoisotopic (exact) mass is 1710 g/mol. The normalized spacial score (nSPS) is 14.0. The summed E-state index contributed by atoms with van der Waals surface area (Å²) in [6, 6.07) is 45.6. The van der Waals surface area contributed by atoms with E-state index in [1.165, 1.54) is 11.0 Å². The molecular weight excluding hydrogens is 1640 g/mol. The third-order valence-electron chi connectivity index (χ3n) is 16.5. The number of H-pyrrole nitrogens is 4. The summed E-state index contributed by atoms with van der Waals surface area (Å²) in [6.07, 6.45) is 1.93. The molecule has 5 heterocycles. The molecule has 1 aliphatic rings. The van der Waals surface area contributed by atoms with Crippen molar-refractivity contribution in [1.82, 2.24) is 65.6 Å². The van der Waals surface area contributed by atoms with Crippen LogP contribution in [0.2, 0.25) is 50.2 Å². The number of carbonyl (C=O) groups is 4. The Kier molecular flexibility index (Phi) is 31.5. The average molecular weight is 1710 g/mol. The van der Waals surface area contributed by atoms with Crippen LogP contribution < -0.4 is 32.7 Å². The zero-order valence-corrected chi connectivity index (χ0v) is 67.0. The lowest BCUT2D eigenvalue weighted by Crippen LogP contribution is -2.44. The van der Waals surface area contributed by atoms with Gasteiger partial charge in [-0.2, -0.15) is 0 Å². The number of hydrogen-bond acceptors (Lipinski definition) is 13. The molecule has 1 fully saturated rings. The minimum Gasteiger partial charge on any atom is -0.480 e. The Bertz CT molecular complexity index is 5170. The van der Waals surface area contributed by atoms with Crippen molar-refractivity contribution in [3.05, 3.63) is 282 Å². The molecule has 0 radical (unpaired) electrons. The number of aliphatic hydroxyl groups excluding tert-OH is 3. The van der Waals surface area contributed by atoms with Crippen LogP contribution in [0.25, 0.3) is 33.1 Å². The van der Waals surface area contributed by atoms with E-state index < -0.39 is 48.0 Å². The Labute approximate surface area is 687 Å². The van der Waals surface area contributed by atoms with Gasteiger partial charge < -0.3 is 72.1 Å². The van der Waals surface area contributed by atoms with E-state index >= 15 is 0 Å². The van der Waals surface area contributed by atoms with Crippen LogP contribution in [0.15, 0.2) is 175 Å². The molecule has 0 spiro atoms. The fourth-order valence-corrected chi connectivity index (χ4v) is 13.6. The smallest absolute Gasteiger partial charge is 0.408 e. The lowest BCUT2D eigenvalue weighted by molar-refractivity contribution is -0.139. The molecule has 8 aromatic carbocycles. The quantitative estimate of drug-likeness (QED) is 0.0318. The SMILES string of the molecule is CC(C)(C)OC(=O)N[C@@H](Cc1ccc(Cl)cc1Cl)C(=O)O.N[C@H](CO)Cc1ccc(Cl)cc1Cl.O=C(NCc1nc2ccccc2[nH]1)N[C@H](CO)Cc1ccc(Cl)cc1Cl.O=C1N[C@@H](Cc2ccc(Cl)cc2Cl)C(O)N1Cc1nc2ccccc2[nH]1.O=c1[nH]c(Cc2ccc(Cl)cc2Cl)cn1Cc1nc2ccccc2[nH]1. The van der Waals surface area contributed by atoms with Gasteiger partial charge in [0.15, 0.2) is 6.23 Å². The van der Waals surface area contributed by atoms with Gasteiger partial charge in [-0.05, 0) is 165 Å². The molecule has 1 saturated heterocycles. The van der Waals surface area contributed by atoms with E-state index in [1.807, 2.05) is 84.9 Å². The third kappa shape index (κ3) is 26.1. The number of aromatic amines is 4. The van der Waals surface area contributed by atoms with E-state index in [4.69, 9.17) is 132 Å². The Morgan fingerprint density at radius 2 is 0.982 bits per heavy atom. The Balaban J connectivity index is 0.000000162. The second-order valence-corrected chi connectivity index (χ2v) is 30.5. The fourth-order valence-electron chi connectivity index (χ4n) is 11.1. The first-order valence-corrected chi connectivity index (χ1v) is 37.9. The molecule has 1 unspecified atom stereocenters. The molecule has 5 amide bonds. The highest BCUT2D eigenvalue weighted by molar-refractivity contribution is 6.37. The number of aromatic nitrogens is 8. The van der Waals surface area contributed by atoms with Crippen molar-refractivity contribution >= 4 is 173 Å². The number of carboxylic acid groups (broad SMARTS) is 1. The molecule has 584 valence electrons. The van der Waals surface area contributed by atoms with E-state index in [1.54, 1.807) is 104 Å². The standard InChI is InChI=1S/C18H16Cl2N4O2.C18H18Cl2N4O2.C18H14Cl2N4O.C14H17Cl2NO4.C9H11Cl2NO/c19-11-6-5-10(12(20)8-11)7-15-17(25)24(18(26)23-15)9-16-21-13-3-1-2-4-14(13)22-16;19-12-6-5-11(14(20)8-12)7-13(10-25)22-18(26)21-9-17-23-15-3-1-2-4-16(15)24-17;19-12-6-5-11(14(20)8-12)7-13-9-24(18(25)21-13)10-17-22-15-3-1-2-4-16(15)23-17;1-14(2,3)21-13(20)17-11(12(18)19)6-8-4-5-9(15)7-10(8)16;10-7-2-1-6(9(11)4-7)3-8(12)5-13/h1-6,8,15,17,25H,7,9H2,(H,21,22)(H,23,26);1-6,8,13,25H,7,9-10H2,(H,23,24)(H2,21,22,26);1-6,8-9H,7,10H2,(H,21,25)(H,22,23);4-5,7,11H,6H2,1-3H3,(H,17,20)(H,18,19);1-2,4,8,13H,3,5,12H2/t15-,17?;13-;;11-;8-/m00.00/s1. The number of halogens is 10. The first-order chi connectivity index (χ1) is 52.8. The number of imidazole rings is 4. The van der Waals surface area contributed by atoms with Gasteiger partial charge >= 0.3 is 29.8 Å². The number of nitrogens with zero attached hydrogens (tertiary/aromatic N) is 5. The Hall–Kier alpha value is -8.80. The van der Waals surface area contributed by atoms with E-state index in [0.717, 1.165) is 66.9 Å². The number of benzene rings is 8. The largest absolute Gasteiger partial charge is 0.480 e. The molecule has 4 aromatic heterocycles. The van der Waals surface area contributed by atoms with Crippen LogP contribution in [0, 0.1) is 0 Å². The van der Waals surface area contributed by atoms with E-state index in [9.17, 15) is 39.3 Å². The molecule has 1 aliphatic heterocycles. The lowest BCUT2D eigenvalue weighted by Gasteiger charge is -2.22. The number of alkyl carbamates (subject to hydrolysis) is 1. The average Bonchev–Trinajstić information content (AvgIpc) is 2.03. The van der Waals surface area contributed by atoms with Gasteiger partial charge in [-0.3, -0.25) is 9.47 Å². The highest BCUT2D eigenvalue weighted by atomic mass is 35.5. The number of hydrogen-bond donors (Lipinski definition) is 13. The number of urea groups is 2. The minimum absolute atomic E-state index is 0.0323. The van der Waals surface area contributed by atoms with Crippen LogP contribution >= 0.6 is 116 Å². The molecule has 111 heavy (non-hydrogen) atoms. The van der Waals surface area contributed by atoms with Crippen molar-refractivity contribution in [3.63, 3.8) is 0 Å². The van der Waals surface area contributed by atoms with Crippen LogP contribution in [0.3, 0.4) is 0 Å². The second-order valence-electron chi connectivity index (χ2n) is 26.3. The van der Waals surface area contributed by atoms with Gasteiger partial charge in [0.1, 0.15) is 29.1 Å². The maximum absolute atomic E-state index is 12.3. The zero-order chi connectivity index (χ0) is 80.2. The number of aliphatic hydroxyl groups is 3.